The number of hydrogen-bond acceptors (Lipinski definition) is 5. The molecule has 2 rings (SSSR count). The number of nitro benzene ring substituents is 1. The maximum atomic E-state index is 11.0. The third kappa shape index (κ3) is 2.63. The molecule has 0 aliphatic rings. The van der Waals surface area contributed by atoms with E-state index in [9.17, 15) is 10.1 Å². The number of hydrogen-bond donors (Lipinski definition) is 2. The summed E-state index contributed by atoms with van der Waals surface area (Å²) in [6.45, 7) is 2.55. The van der Waals surface area contributed by atoms with E-state index < -0.39 is 0 Å². The first kappa shape index (κ1) is 13.2. The van der Waals surface area contributed by atoms with Gasteiger partial charge in [-0.05, 0) is 18.6 Å². The van der Waals surface area contributed by atoms with Crippen LogP contribution in [0.1, 0.15) is 13.3 Å². The zero-order chi connectivity index (χ0) is 13.8. The van der Waals surface area contributed by atoms with E-state index in [4.69, 9.17) is 5.73 Å². The van der Waals surface area contributed by atoms with Gasteiger partial charge in [0.25, 0.3) is 5.69 Å². The molecule has 6 nitrogen and oxygen atoms in total. The second-order valence-electron chi connectivity index (χ2n) is 4.30. The van der Waals surface area contributed by atoms with Crippen molar-refractivity contribution in [3.8, 4) is 0 Å². The molecule has 1 atom stereocenters. The van der Waals surface area contributed by atoms with E-state index in [0.717, 1.165) is 17.5 Å². The van der Waals surface area contributed by atoms with Gasteiger partial charge in [0, 0.05) is 42.1 Å². The Hall–Kier alpha value is -2.21. The van der Waals surface area contributed by atoms with Gasteiger partial charge < -0.3 is 11.1 Å². The predicted molar refractivity (Wildman–Crippen MR) is 75.2 cm³/mol. The van der Waals surface area contributed by atoms with Gasteiger partial charge in [-0.2, -0.15) is 0 Å². The van der Waals surface area contributed by atoms with E-state index in [2.05, 4.69) is 10.3 Å². The molecule has 1 aromatic heterocycles. The molecule has 6 heteroatoms. The minimum absolute atomic E-state index is 0.0868. The average molecular weight is 260 g/mol. The summed E-state index contributed by atoms with van der Waals surface area (Å²) in [5, 5.41) is 15.6. The monoisotopic (exact) mass is 260 g/mol. The van der Waals surface area contributed by atoms with E-state index in [1.54, 1.807) is 24.5 Å². The second kappa shape index (κ2) is 5.62. The van der Waals surface area contributed by atoms with Gasteiger partial charge in [0.1, 0.15) is 0 Å². The molecule has 1 aromatic carbocycles. The summed E-state index contributed by atoms with van der Waals surface area (Å²) in [7, 11) is 0. The van der Waals surface area contributed by atoms with Crippen molar-refractivity contribution in [3.63, 3.8) is 0 Å². The van der Waals surface area contributed by atoms with E-state index in [1.807, 2.05) is 6.92 Å². The van der Waals surface area contributed by atoms with Crippen LogP contribution in [0.4, 0.5) is 11.4 Å². The Labute approximate surface area is 110 Å². The lowest BCUT2D eigenvalue weighted by atomic mass is 10.1. The van der Waals surface area contributed by atoms with Crippen molar-refractivity contribution >= 4 is 22.1 Å². The zero-order valence-electron chi connectivity index (χ0n) is 10.7. The Morgan fingerprint density at radius 3 is 2.84 bits per heavy atom. The van der Waals surface area contributed by atoms with Crippen LogP contribution >= 0.6 is 0 Å². The fourth-order valence-electron chi connectivity index (χ4n) is 2.01. The highest BCUT2D eigenvalue weighted by atomic mass is 16.6. The lowest BCUT2D eigenvalue weighted by Crippen LogP contribution is -2.27. The fraction of sp³-hybridized carbons (Fsp3) is 0.308. The summed E-state index contributed by atoms with van der Waals surface area (Å²) in [4.78, 5) is 14.7. The first-order valence-electron chi connectivity index (χ1n) is 6.15. The summed E-state index contributed by atoms with van der Waals surface area (Å²) in [5.74, 6) is 0. The molecule has 0 saturated carbocycles. The van der Waals surface area contributed by atoms with E-state index >= 15 is 0 Å². The zero-order valence-corrected chi connectivity index (χ0v) is 10.7. The summed E-state index contributed by atoms with van der Waals surface area (Å²) in [6, 6.07) is 5.01. The van der Waals surface area contributed by atoms with Crippen LogP contribution in [0.15, 0.2) is 30.6 Å². The lowest BCUT2D eigenvalue weighted by molar-refractivity contribution is -0.383. The fourth-order valence-corrected chi connectivity index (χ4v) is 2.01. The van der Waals surface area contributed by atoms with Gasteiger partial charge in [-0.25, -0.2) is 0 Å². The van der Waals surface area contributed by atoms with Gasteiger partial charge in [-0.3, -0.25) is 15.1 Å². The Bertz CT molecular complexity index is 596. The molecule has 1 heterocycles. The first-order valence-corrected chi connectivity index (χ1v) is 6.15. The van der Waals surface area contributed by atoms with E-state index in [-0.39, 0.29) is 16.7 Å². The molecule has 0 bridgehead atoms. The first-order chi connectivity index (χ1) is 9.17. The number of rotatable bonds is 5. The number of fused-ring (bicyclic) bond motifs is 1. The summed E-state index contributed by atoms with van der Waals surface area (Å²) in [6.07, 6.45) is 4.07. The number of anilines is 1. The highest BCUT2D eigenvalue weighted by molar-refractivity contribution is 5.99. The van der Waals surface area contributed by atoms with Gasteiger partial charge in [-0.1, -0.05) is 6.92 Å². The van der Waals surface area contributed by atoms with Gasteiger partial charge >= 0.3 is 0 Å². The van der Waals surface area contributed by atoms with Crippen LogP contribution in [0.25, 0.3) is 10.8 Å². The number of pyridine rings is 1. The van der Waals surface area contributed by atoms with Crippen molar-refractivity contribution in [2.75, 3.05) is 11.9 Å². The average Bonchev–Trinajstić information content (AvgIpc) is 2.44. The number of benzene rings is 1. The molecule has 19 heavy (non-hydrogen) atoms. The smallest absolute Gasteiger partial charge is 0.277 e. The molecule has 0 saturated heterocycles. The molecule has 0 radical (unpaired) electrons. The predicted octanol–water partition coefficient (Wildman–Crippen LogP) is 2.29. The highest BCUT2D eigenvalue weighted by Gasteiger charge is 2.15. The number of aromatic nitrogens is 1. The minimum atomic E-state index is -0.383. The summed E-state index contributed by atoms with van der Waals surface area (Å²) in [5.41, 5.74) is 6.58. The molecule has 1 unspecified atom stereocenters. The molecule has 0 spiro atoms. The lowest BCUT2D eigenvalue weighted by Gasteiger charge is -2.17. The molecule has 0 aliphatic heterocycles. The van der Waals surface area contributed by atoms with Crippen LogP contribution in [-0.2, 0) is 0 Å². The third-order valence-corrected chi connectivity index (χ3v) is 3.13. The molecule has 3 N–H and O–H groups in total. The molecule has 2 aromatic rings. The number of nitrogens with zero attached hydrogens (tertiary/aromatic N) is 2. The van der Waals surface area contributed by atoms with Crippen LogP contribution in [0, 0.1) is 10.1 Å². The Morgan fingerprint density at radius 1 is 1.42 bits per heavy atom. The minimum Gasteiger partial charge on any atom is -0.380 e. The molecule has 0 amide bonds. The van der Waals surface area contributed by atoms with Gasteiger partial charge in [0.2, 0.25) is 0 Å². The van der Waals surface area contributed by atoms with Crippen molar-refractivity contribution in [3.05, 3.63) is 40.7 Å². The van der Waals surface area contributed by atoms with Crippen LogP contribution in [0.5, 0.6) is 0 Å². The molecule has 0 aliphatic carbocycles. The van der Waals surface area contributed by atoms with Crippen molar-refractivity contribution in [2.24, 2.45) is 5.73 Å². The SMILES string of the molecule is CCC(CN)Nc1ccc([N+](=O)[O-])c2ccncc12. The normalized spacial score (nSPS) is 12.3. The van der Waals surface area contributed by atoms with Gasteiger partial charge in [0.15, 0.2) is 0 Å². The van der Waals surface area contributed by atoms with Crippen LogP contribution < -0.4 is 11.1 Å². The highest BCUT2D eigenvalue weighted by Crippen LogP contribution is 2.31. The standard InChI is InChI=1S/C13H16N4O2/c1-2-9(7-14)16-12-3-4-13(17(18)19)10-5-6-15-8-11(10)12/h3-6,8-9,16H,2,7,14H2,1H3. The van der Waals surface area contributed by atoms with Crippen molar-refractivity contribution in [1.82, 2.24) is 4.98 Å². The molecular weight excluding hydrogens is 244 g/mol. The number of nitrogens with one attached hydrogen (secondary N) is 1. The Kier molecular flexibility index (Phi) is 3.91. The van der Waals surface area contributed by atoms with Gasteiger partial charge in [-0.15, -0.1) is 0 Å². The number of non-ortho nitro benzene ring substituents is 1. The molecule has 100 valence electrons. The second-order valence-corrected chi connectivity index (χ2v) is 4.30. The van der Waals surface area contributed by atoms with Crippen molar-refractivity contribution in [1.29, 1.82) is 0 Å². The largest absolute Gasteiger partial charge is 0.380 e. The topological polar surface area (TPSA) is 94.1 Å². The summed E-state index contributed by atoms with van der Waals surface area (Å²) < 4.78 is 0. The van der Waals surface area contributed by atoms with Crippen molar-refractivity contribution < 1.29 is 4.92 Å². The van der Waals surface area contributed by atoms with Gasteiger partial charge in [0.05, 0.1) is 10.3 Å². The van der Waals surface area contributed by atoms with Crippen molar-refractivity contribution in [2.45, 2.75) is 19.4 Å². The number of nitro groups is 1. The molecule has 0 fully saturated rings. The quantitative estimate of drug-likeness (QED) is 0.635. The van der Waals surface area contributed by atoms with E-state index in [1.165, 1.54) is 6.07 Å². The maximum Gasteiger partial charge on any atom is 0.277 e. The van der Waals surface area contributed by atoms with Crippen LogP contribution in [-0.4, -0.2) is 22.5 Å². The maximum absolute atomic E-state index is 11.0. The molecular formula is C13H16N4O2. The third-order valence-electron chi connectivity index (χ3n) is 3.13. The van der Waals surface area contributed by atoms with Crippen LogP contribution in [0.3, 0.4) is 0 Å². The van der Waals surface area contributed by atoms with Crippen LogP contribution in [0.2, 0.25) is 0 Å². The number of nitrogens with two attached hydrogens (primary N) is 1. The summed E-state index contributed by atoms with van der Waals surface area (Å²) >= 11 is 0. The Balaban J connectivity index is 2.52. The van der Waals surface area contributed by atoms with E-state index in [0.29, 0.717) is 11.9 Å². The Morgan fingerprint density at radius 2 is 2.21 bits per heavy atom.